The van der Waals surface area contributed by atoms with Gasteiger partial charge in [-0.25, -0.2) is 9.59 Å². The fraction of sp³-hybridized carbons (Fsp3) is 0.800. The van der Waals surface area contributed by atoms with Gasteiger partial charge < -0.3 is 14.8 Å². The normalized spacial score (nSPS) is 13.8. The summed E-state index contributed by atoms with van der Waals surface area (Å²) in [6.45, 7) is 6.56. The van der Waals surface area contributed by atoms with Gasteiger partial charge in [0.25, 0.3) is 0 Å². The SMILES string of the molecule is COC(=O)[C@@H](NC(=O)OC(C)(C)C)[C@H](C)N=[N+]=[N-]. The van der Waals surface area contributed by atoms with Crippen molar-refractivity contribution in [1.29, 1.82) is 0 Å². The molecule has 0 radical (unpaired) electrons. The van der Waals surface area contributed by atoms with Crippen LogP contribution in [0.1, 0.15) is 27.7 Å². The van der Waals surface area contributed by atoms with Gasteiger partial charge in [-0.2, -0.15) is 0 Å². The average Bonchev–Trinajstić information content (AvgIpc) is 2.22. The number of ether oxygens (including phenoxy) is 2. The van der Waals surface area contributed by atoms with Crippen LogP contribution in [0.2, 0.25) is 0 Å². The van der Waals surface area contributed by atoms with E-state index in [4.69, 9.17) is 10.3 Å². The van der Waals surface area contributed by atoms with Gasteiger partial charge in [-0.1, -0.05) is 12.0 Å². The van der Waals surface area contributed by atoms with E-state index in [9.17, 15) is 9.59 Å². The number of methoxy groups -OCH3 is 1. The minimum absolute atomic E-state index is 0.688. The molecular formula is C10H18N4O4. The molecule has 0 rings (SSSR count). The summed E-state index contributed by atoms with van der Waals surface area (Å²) >= 11 is 0. The molecule has 2 atom stereocenters. The van der Waals surface area contributed by atoms with Gasteiger partial charge in [-0.3, -0.25) is 0 Å². The highest BCUT2D eigenvalue weighted by atomic mass is 16.6. The fourth-order valence-corrected chi connectivity index (χ4v) is 1.09. The average molecular weight is 258 g/mol. The van der Waals surface area contributed by atoms with Gasteiger partial charge in [0.1, 0.15) is 11.6 Å². The van der Waals surface area contributed by atoms with Crippen molar-refractivity contribution in [2.45, 2.75) is 45.4 Å². The van der Waals surface area contributed by atoms with Crippen LogP contribution >= 0.6 is 0 Å². The molecular weight excluding hydrogens is 240 g/mol. The summed E-state index contributed by atoms with van der Waals surface area (Å²) in [5.41, 5.74) is 7.63. The Morgan fingerprint density at radius 2 is 1.94 bits per heavy atom. The lowest BCUT2D eigenvalue weighted by Crippen LogP contribution is -2.49. The lowest BCUT2D eigenvalue weighted by Gasteiger charge is -2.23. The molecule has 0 aromatic carbocycles. The number of nitrogens with zero attached hydrogens (tertiary/aromatic N) is 3. The molecule has 0 saturated carbocycles. The maximum absolute atomic E-state index is 11.5. The van der Waals surface area contributed by atoms with Crippen LogP contribution in [0.5, 0.6) is 0 Å². The van der Waals surface area contributed by atoms with Crippen molar-refractivity contribution in [2.75, 3.05) is 7.11 Å². The van der Waals surface area contributed by atoms with Gasteiger partial charge in [0, 0.05) is 4.91 Å². The quantitative estimate of drug-likeness (QED) is 0.358. The number of azide groups is 1. The first-order chi connectivity index (χ1) is 8.21. The van der Waals surface area contributed by atoms with Crippen LogP contribution in [-0.4, -0.2) is 36.9 Å². The van der Waals surface area contributed by atoms with Gasteiger partial charge in [0.05, 0.1) is 13.2 Å². The van der Waals surface area contributed by atoms with E-state index in [-0.39, 0.29) is 0 Å². The lowest BCUT2D eigenvalue weighted by molar-refractivity contribution is -0.143. The second-order valence-corrected chi connectivity index (χ2v) is 4.59. The highest BCUT2D eigenvalue weighted by molar-refractivity contribution is 5.82. The maximum atomic E-state index is 11.5. The van der Waals surface area contributed by atoms with Crippen molar-refractivity contribution in [2.24, 2.45) is 5.11 Å². The van der Waals surface area contributed by atoms with Crippen molar-refractivity contribution in [3.05, 3.63) is 10.4 Å². The van der Waals surface area contributed by atoms with Gasteiger partial charge in [0.2, 0.25) is 0 Å². The molecule has 0 bridgehead atoms. The molecule has 0 heterocycles. The Balaban J connectivity index is 4.75. The monoisotopic (exact) mass is 258 g/mol. The lowest BCUT2D eigenvalue weighted by atomic mass is 10.1. The largest absolute Gasteiger partial charge is 0.467 e. The predicted molar refractivity (Wildman–Crippen MR) is 63.8 cm³/mol. The summed E-state index contributed by atoms with van der Waals surface area (Å²) in [6, 6.07) is -1.87. The number of alkyl carbamates (subject to hydrolysis) is 1. The minimum atomic E-state index is -1.08. The van der Waals surface area contributed by atoms with Crippen molar-refractivity contribution in [1.82, 2.24) is 5.32 Å². The second-order valence-electron chi connectivity index (χ2n) is 4.59. The number of carbonyl (C=O) groups is 2. The van der Waals surface area contributed by atoms with E-state index in [1.165, 1.54) is 14.0 Å². The summed E-state index contributed by atoms with van der Waals surface area (Å²) in [5, 5.41) is 5.66. The Labute approximate surface area is 105 Å². The topological polar surface area (TPSA) is 113 Å². The maximum Gasteiger partial charge on any atom is 0.408 e. The zero-order valence-electron chi connectivity index (χ0n) is 11.1. The van der Waals surface area contributed by atoms with Gasteiger partial charge in [0.15, 0.2) is 0 Å². The Bertz CT molecular complexity index is 357. The molecule has 0 fully saturated rings. The number of hydrogen-bond donors (Lipinski definition) is 1. The summed E-state index contributed by atoms with van der Waals surface area (Å²) in [5.74, 6) is -0.708. The van der Waals surface area contributed by atoms with Crippen molar-refractivity contribution in [3.8, 4) is 0 Å². The molecule has 1 amide bonds. The summed E-state index contributed by atoms with van der Waals surface area (Å²) < 4.78 is 9.52. The zero-order valence-corrected chi connectivity index (χ0v) is 11.1. The molecule has 0 aromatic rings. The van der Waals surface area contributed by atoms with Crippen LogP contribution < -0.4 is 5.32 Å². The van der Waals surface area contributed by atoms with Crippen LogP contribution in [0.3, 0.4) is 0 Å². The van der Waals surface area contributed by atoms with E-state index in [0.717, 1.165) is 0 Å². The fourth-order valence-electron chi connectivity index (χ4n) is 1.09. The molecule has 0 aromatic heterocycles. The highest BCUT2D eigenvalue weighted by Crippen LogP contribution is 2.08. The van der Waals surface area contributed by atoms with E-state index in [1.807, 2.05) is 0 Å². The van der Waals surface area contributed by atoms with E-state index < -0.39 is 29.7 Å². The Morgan fingerprint density at radius 3 is 2.33 bits per heavy atom. The van der Waals surface area contributed by atoms with Crippen LogP contribution in [0.4, 0.5) is 4.79 Å². The van der Waals surface area contributed by atoms with Crippen molar-refractivity contribution in [3.63, 3.8) is 0 Å². The Hall–Kier alpha value is -1.95. The molecule has 1 N–H and O–H groups in total. The number of esters is 1. The highest BCUT2D eigenvalue weighted by Gasteiger charge is 2.29. The van der Waals surface area contributed by atoms with E-state index in [2.05, 4.69) is 20.1 Å². The first-order valence-corrected chi connectivity index (χ1v) is 5.33. The third-order valence-corrected chi connectivity index (χ3v) is 1.84. The third kappa shape index (κ3) is 5.95. The van der Waals surface area contributed by atoms with E-state index in [0.29, 0.717) is 0 Å². The van der Waals surface area contributed by atoms with Gasteiger partial charge in [-0.15, -0.1) is 0 Å². The van der Waals surface area contributed by atoms with Crippen LogP contribution in [0, 0.1) is 0 Å². The van der Waals surface area contributed by atoms with Crippen molar-refractivity contribution >= 4 is 12.1 Å². The molecule has 18 heavy (non-hydrogen) atoms. The van der Waals surface area contributed by atoms with Crippen LogP contribution in [0.25, 0.3) is 10.4 Å². The minimum Gasteiger partial charge on any atom is -0.467 e. The smallest absolute Gasteiger partial charge is 0.408 e. The van der Waals surface area contributed by atoms with Gasteiger partial charge >= 0.3 is 12.1 Å². The molecule has 102 valence electrons. The van der Waals surface area contributed by atoms with Crippen LogP contribution in [-0.2, 0) is 14.3 Å². The molecule has 8 nitrogen and oxygen atoms in total. The summed E-state index contributed by atoms with van der Waals surface area (Å²) in [7, 11) is 1.18. The first kappa shape index (κ1) is 16.1. The summed E-state index contributed by atoms with van der Waals surface area (Å²) in [6.07, 6.45) is -0.780. The molecule has 0 spiro atoms. The number of hydrogen-bond acceptors (Lipinski definition) is 5. The van der Waals surface area contributed by atoms with Crippen molar-refractivity contribution < 1.29 is 19.1 Å². The molecule has 8 heteroatoms. The second kappa shape index (κ2) is 6.70. The third-order valence-electron chi connectivity index (χ3n) is 1.84. The number of carbonyl (C=O) groups excluding carboxylic acids is 2. The van der Waals surface area contributed by atoms with Crippen LogP contribution in [0.15, 0.2) is 5.11 Å². The zero-order chi connectivity index (χ0) is 14.3. The molecule has 0 saturated heterocycles. The Kier molecular flexibility index (Phi) is 5.98. The first-order valence-electron chi connectivity index (χ1n) is 5.33. The predicted octanol–water partition coefficient (Wildman–Crippen LogP) is 1.75. The molecule has 0 unspecified atom stereocenters. The van der Waals surface area contributed by atoms with E-state index >= 15 is 0 Å². The molecule has 0 aliphatic heterocycles. The molecule has 0 aliphatic carbocycles. The number of rotatable bonds is 4. The summed E-state index contributed by atoms with van der Waals surface area (Å²) in [4.78, 5) is 25.6. The number of nitrogens with one attached hydrogen (secondary N) is 1. The number of amides is 1. The van der Waals surface area contributed by atoms with Gasteiger partial charge in [-0.05, 0) is 26.3 Å². The molecule has 0 aliphatic rings. The standard InChI is InChI=1S/C10H18N4O4/c1-6(13-14-11)7(8(15)17-5)12-9(16)18-10(2,3)4/h6-7H,1-5H3,(H,12,16)/t6-,7-/m0/s1. The Morgan fingerprint density at radius 1 is 1.39 bits per heavy atom. The van der Waals surface area contributed by atoms with E-state index in [1.54, 1.807) is 20.8 Å².